The van der Waals surface area contributed by atoms with E-state index < -0.39 is 10.0 Å². The van der Waals surface area contributed by atoms with Crippen LogP contribution in [0.1, 0.15) is 42.6 Å². The first-order chi connectivity index (χ1) is 12.8. The summed E-state index contributed by atoms with van der Waals surface area (Å²) >= 11 is 0. The number of nitrogens with one attached hydrogen (secondary N) is 1. The zero-order valence-corrected chi connectivity index (χ0v) is 17.2. The monoisotopic (exact) mass is 388 g/mol. The van der Waals surface area contributed by atoms with E-state index in [2.05, 4.69) is 19.2 Å². The molecule has 1 N–H and O–H groups in total. The Balaban J connectivity index is 2.22. The number of anilines is 1. The molecule has 146 valence electrons. The van der Waals surface area contributed by atoms with Gasteiger partial charge in [0.25, 0.3) is 15.9 Å². The number of benzene rings is 2. The van der Waals surface area contributed by atoms with Gasteiger partial charge >= 0.3 is 0 Å². The molecule has 0 spiro atoms. The van der Waals surface area contributed by atoms with Gasteiger partial charge in [-0.1, -0.05) is 50.5 Å². The molecule has 0 aromatic heterocycles. The van der Waals surface area contributed by atoms with Gasteiger partial charge in [0.1, 0.15) is 0 Å². The van der Waals surface area contributed by atoms with Crippen LogP contribution in [-0.4, -0.2) is 27.9 Å². The van der Waals surface area contributed by atoms with Crippen LogP contribution < -0.4 is 9.62 Å². The van der Waals surface area contributed by atoms with E-state index in [1.165, 1.54) is 23.5 Å². The van der Waals surface area contributed by atoms with Gasteiger partial charge in [0.15, 0.2) is 0 Å². The number of amides is 1. The highest BCUT2D eigenvalue weighted by atomic mass is 32.2. The van der Waals surface area contributed by atoms with Gasteiger partial charge in [-0.2, -0.15) is 0 Å². The van der Waals surface area contributed by atoms with Crippen molar-refractivity contribution in [3.05, 3.63) is 59.7 Å². The fraction of sp³-hybridized carbons (Fsp3) is 0.381. The Morgan fingerprint density at radius 1 is 1.07 bits per heavy atom. The lowest BCUT2D eigenvalue weighted by molar-refractivity contribution is 0.0946. The fourth-order valence-electron chi connectivity index (χ4n) is 2.77. The van der Waals surface area contributed by atoms with Crippen LogP contribution >= 0.6 is 0 Å². The predicted octanol–water partition coefficient (Wildman–Crippen LogP) is 3.99. The van der Waals surface area contributed by atoms with Crippen LogP contribution in [0.15, 0.2) is 53.4 Å². The molecule has 0 aliphatic heterocycles. The number of carbonyl (C=O) groups excluding carboxylic acids is 1. The van der Waals surface area contributed by atoms with E-state index in [1.807, 2.05) is 19.1 Å². The Morgan fingerprint density at radius 3 is 2.30 bits per heavy atom. The molecule has 2 aromatic rings. The molecule has 0 unspecified atom stereocenters. The van der Waals surface area contributed by atoms with E-state index in [-0.39, 0.29) is 10.8 Å². The second-order valence-corrected chi connectivity index (χ2v) is 8.70. The zero-order chi connectivity index (χ0) is 20.0. The van der Waals surface area contributed by atoms with Crippen LogP contribution in [0.25, 0.3) is 0 Å². The van der Waals surface area contributed by atoms with Crippen molar-refractivity contribution in [2.45, 2.75) is 38.5 Å². The maximum Gasteiger partial charge on any atom is 0.264 e. The lowest BCUT2D eigenvalue weighted by Crippen LogP contribution is -2.30. The second-order valence-electron chi connectivity index (χ2n) is 6.73. The quantitative estimate of drug-likeness (QED) is 0.744. The number of rotatable bonds is 8. The normalized spacial score (nSPS) is 11.4. The highest BCUT2D eigenvalue weighted by Crippen LogP contribution is 2.23. The summed E-state index contributed by atoms with van der Waals surface area (Å²) in [5.74, 6) is 0.172. The van der Waals surface area contributed by atoms with E-state index in [0.29, 0.717) is 23.7 Å². The van der Waals surface area contributed by atoms with Crippen molar-refractivity contribution in [3.63, 3.8) is 0 Å². The summed E-state index contributed by atoms with van der Waals surface area (Å²) in [5.41, 5.74) is 1.98. The summed E-state index contributed by atoms with van der Waals surface area (Å²) in [6, 6.07) is 13.4. The average Bonchev–Trinajstić information content (AvgIpc) is 2.68. The molecule has 0 saturated carbocycles. The SMILES string of the molecule is CCC(CC)CNC(=O)c1cccc(S(=O)(=O)N(C)c2ccc(C)cc2)c1. The molecule has 0 aliphatic rings. The minimum absolute atomic E-state index is 0.0979. The van der Waals surface area contributed by atoms with Gasteiger partial charge in [-0.25, -0.2) is 8.42 Å². The lowest BCUT2D eigenvalue weighted by Gasteiger charge is -2.20. The molecule has 0 fully saturated rings. The van der Waals surface area contributed by atoms with E-state index in [1.54, 1.807) is 24.3 Å². The second kappa shape index (κ2) is 9.04. The van der Waals surface area contributed by atoms with E-state index in [0.717, 1.165) is 18.4 Å². The number of sulfonamides is 1. The smallest absolute Gasteiger partial charge is 0.264 e. The molecule has 2 aromatic carbocycles. The molecular formula is C21H28N2O3S. The van der Waals surface area contributed by atoms with Crippen molar-refractivity contribution in [1.29, 1.82) is 0 Å². The first-order valence-electron chi connectivity index (χ1n) is 9.23. The zero-order valence-electron chi connectivity index (χ0n) is 16.4. The van der Waals surface area contributed by atoms with Crippen LogP contribution in [-0.2, 0) is 10.0 Å². The van der Waals surface area contributed by atoms with Gasteiger partial charge in [0, 0.05) is 19.2 Å². The molecule has 0 radical (unpaired) electrons. The van der Waals surface area contributed by atoms with E-state index in [9.17, 15) is 13.2 Å². The summed E-state index contributed by atoms with van der Waals surface area (Å²) in [5, 5.41) is 2.90. The topological polar surface area (TPSA) is 66.5 Å². The van der Waals surface area contributed by atoms with E-state index >= 15 is 0 Å². The highest BCUT2D eigenvalue weighted by molar-refractivity contribution is 7.92. The van der Waals surface area contributed by atoms with Crippen LogP contribution in [0.2, 0.25) is 0 Å². The Morgan fingerprint density at radius 2 is 1.70 bits per heavy atom. The molecule has 0 aliphatic carbocycles. The maximum atomic E-state index is 12.9. The summed E-state index contributed by atoms with van der Waals surface area (Å²) in [7, 11) is -2.23. The Bertz CT molecular complexity index is 873. The van der Waals surface area contributed by atoms with Gasteiger partial charge in [-0.3, -0.25) is 9.10 Å². The molecule has 0 atom stereocenters. The third kappa shape index (κ3) is 5.10. The molecule has 0 bridgehead atoms. The van der Waals surface area contributed by atoms with Crippen LogP contribution in [0, 0.1) is 12.8 Å². The van der Waals surface area contributed by atoms with Crippen LogP contribution in [0.5, 0.6) is 0 Å². The first-order valence-corrected chi connectivity index (χ1v) is 10.7. The van der Waals surface area contributed by atoms with Gasteiger partial charge in [-0.15, -0.1) is 0 Å². The van der Waals surface area contributed by atoms with Crippen molar-refractivity contribution in [1.82, 2.24) is 5.32 Å². The van der Waals surface area contributed by atoms with Gasteiger partial charge in [-0.05, 0) is 43.2 Å². The minimum atomic E-state index is -3.75. The first kappa shape index (κ1) is 21.0. The Hall–Kier alpha value is -2.34. The standard InChI is InChI=1S/C21H28N2O3S/c1-5-17(6-2)15-22-21(24)18-8-7-9-20(14-18)27(25,26)23(4)19-12-10-16(3)11-13-19/h7-14,17H,5-6,15H2,1-4H3,(H,22,24). The Labute approximate surface area is 162 Å². The molecule has 27 heavy (non-hydrogen) atoms. The number of aryl methyl sites for hydroxylation is 1. The van der Waals surface area contributed by atoms with Gasteiger partial charge in [0.2, 0.25) is 0 Å². The molecular weight excluding hydrogens is 360 g/mol. The van der Waals surface area contributed by atoms with Crippen molar-refractivity contribution in [2.75, 3.05) is 17.9 Å². The number of carbonyl (C=O) groups is 1. The van der Waals surface area contributed by atoms with Gasteiger partial charge < -0.3 is 5.32 Å². The number of hydrogen-bond donors (Lipinski definition) is 1. The molecule has 2 rings (SSSR count). The predicted molar refractivity (Wildman–Crippen MR) is 110 cm³/mol. The average molecular weight is 389 g/mol. The molecule has 5 nitrogen and oxygen atoms in total. The third-order valence-corrected chi connectivity index (χ3v) is 6.64. The van der Waals surface area contributed by atoms with Crippen molar-refractivity contribution < 1.29 is 13.2 Å². The summed E-state index contributed by atoms with van der Waals surface area (Å²) in [4.78, 5) is 12.5. The fourth-order valence-corrected chi connectivity index (χ4v) is 4.01. The third-order valence-electron chi connectivity index (χ3n) is 4.86. The Kier molecular flexibility index (Phi) is 7.02. The van der Waals surface area contributed by atoms with Crippen molar-refractivity contribution in [2.24, 2.45) is 5.92 Å². The van der Waals surface area contributed by atoms with Crippen molar-refractivity contribution >= 4 is 21.6 Å². The molecule has 1 amide bonds. The lowest BCUT2D eigenvalue weighted by atomic mass is 10.0. The number of nitrogens with zero attached hydrogens (tertiary/aromatic N) is 1. The maximum absolute atomic E-state index is 12.9. The highest BCUT2D eigenvalue weighted by Gasteiger charge is 2.22. The molecule has 6 heteroatoms. The van der Waals surface area contributed by atoms with Crippen LogP contribution in [0.3, 0.4) is 0 Å². The molecule has 0 heterocycles. The summed E-state index contributed by atoms with van der Waals surface area (Å²) in [6.45, 7) is 6.72. The van der Waals surface area contributed by atoms with E-state index in [4.69, 9.17) is 0 Å². The molecule has 0 saturated heterocycles. The van der Waals surface area contributed by atoms with Gasteiger partial charge in [0.05, 0.1) is 10.6 Å². The number of hydrogen-bond acceptors (Lipinski definition) is 3. The minimum Gasteiger partial charge on any atom is -0.352 e. The summed E-state index contributed by atoms with van der Waals surface area (Å²) in [6.07, 6.45) is 1.99. The largest absolute Gasteiger partial charge is 0.352 e. The summed E-state index contributed by atoms with van der Waals surface area (Å²) < 4.78 is 27.1. The van der Waals surface area contributed by atoms with Crippen molar-refractivity contribution in [3.8, 4) is 0 Å². The van der Waals surface area contributed by atoms with Crippen LogP contribution in [0.4, 0.5) is 5.69 Å².